The van der Waals surface area contributed by atoms with Gasteiger partial charge in [0.25, 0.3) is 0 Å². The molecule has 0 atom stereocenters. The number of hydrogen-bond acceptors (Lipinski definition) is 4. The molecule has 0 aliphatic heterocycles. The molecule has 2 heterocycles. The minimum atomic E-state index is -0.387. The zero-order valence-electron chi connectivity index (χ0n) is 15.8. The van der Waals surface area contributed by atoms with Crippen LogP contribution in [0.3, 0.4) is 0 Å². The Balaban J connectivity index is 1.64. The molecule has 2 aromatic carbocycles. The highest BCUT2D eigenvalue weighted by Crippen LogP contribution is 2.29. The smallest absolute Gasteiger partial charge is 0.234 e. The Labute approximate surface area is 166 Å². The van der Waals surface area contributed by atoms with E-state index in [1.165, 1.54) is 29.5 Å². The molecule has 0 unspecified atom stereocenters. The molecule has 5 nitrogen and oxygen atoms in total. The van der Waals surface area contributed by atoms with Crippen LogP contribution in [-0.4, -0.2) is 26.3 Å². The van der Waals surface area contributed by atoms with Gasteiger partial charge in [0.1, 0.15) is 5.82 Å². The number of carbonyl (C=O) groups is 1. The van der Waals surface area contributed by atoms with Crippen LogP contribution in [0.5, 0.6) is 0 Å². The molecule has 0 aliphatic rings. The van der Waals surface area contributed by atoms with Gasteiger partial charge in [-0.25, -0.2) is 4.39 Å². The second-order valence-electron chi connectivity index (χ2n) is 6.83. The zero-order valence-corrected chi connectivity index (χ0v) is 16.6. The van der Waals surface area contributed by atoms with E-state index in [4.69, 9.17) is 0 Å². The van der Waals surface area contributed by atoms with E-state index in [0.29, 0.717) is 10.8 Å². The van der Waals surface area contributed by atoms with Crippen LogP contribution in [-0.2, 0) is 4.79 Å². The van der Waals surface area contributed by atoms with Crippen LogP contribution in [0.2, 0.25) is 0 Å². The minimum absolute atomic E-state index is 0.150. The summed E-state index contributed by atoms with van der Waals surface area (Å²) in [4.78, 5) is 12.3. The van der Waals surface area contributed by atoms with Gasteiger partial charge < -0.3 is 5.32 Å². The lowest BCUT2D eigenvalue weighted by molar-refractivity contribution is -0.113. The summed E-state index contributed by atoms with van der Waals surface area (Å²) in [6.45, 7) is 6.21. The molecule has 0 radical (unpaired) electrons. The van der Waals surface area contributed by atoms with E-state index in [2.05, 4.69) is 48.4 Å². The van der Waals surface area contributed by atoms with Gasteiger partial charge in [-0.3, -0.25) is 9.20 Å². The summed E-state index contributed by atoms with van der Waals surface area (Å²) >= 11 is 1.31. The van der Waals surface area contributed by atoms with Gasteiger partial charge in [-0.2, -0.15) is 0 Å². The molecule has 28 heavy (non-hydrogen) atoms. The van der Waals surface area contributed by atoms with Gasteiger partial charge in [0.05, 0.1) is 11.3 Å². The monoisotopic (exact) mass is 394 g/mol. The second-order valence-corrected chi connectivity index (χ2v) is 7.77. The Morgan fingerprint density at radius 2 is 1.93 bits per heavy atom. The molecule has 0 saturated carbocycles. The van der Waals surface area contributed by atoms with Crippen LogP contribution in [0.15, 0.2) is 47.6 Å². The number of pyridine rings is 1. The van der Waals surface area contributed by atoms with Crippen molar-refractivity contribution in [3.63, 3.8) is 0 Å². The molecule has 0 spiro atoms. The van der Waals surface area contributed by atoms with Crippen LogP contribution < -0.4 is 5.32 Å². The number of rotatable bonds is 4. The number of nitrogens with one attached hydrogen (secondary N) is 1. The number of thioether (sulfide) groups is 1. The van der Waals surface area contributed by atoms with Crippen molar-refractivity contribution in [3.05, 3.63) is 65.0 Å². The minimum Gasteiger partial charge on any atom is -0.325 e. The molecule has 0 aliphatic carbocycles. The molecule has 2 aromatic heterocycles. The first kappa shape index (κ1) is 18.4. The van der Waals surface area contributed by atoms with E-state index in [1.54, 1.807) is 12.1 Å². The molecule has 0 saturated heterocycles. The van der Waals surface area contributed by atoms with Gasteiger partial charge >= 0.3 is 0 Å². The predicted molar refractivity (Wildman–Crippen MR) is 110 cm³/mol. The van der Waals surface area contributed by atoms with Crippen molar-refractivity contribution in [2.75, 3.05) is 11.1 Å². The second kappa shape index (κ2) is 7.24. The van der Waals surface area contributed by atoms with E-state index in [9.17, 15) is 9.18 Å². The van der Waals surface area contributed by atoms with Gasteiger partial charge in [0.2, 0.25) is 5.91 Å². The maximum Gasteiger partial charge on any atom is 0.234 e. The average molecular weight is 394 g/mol. The average Bonchev–Trinajstić information content (AvgIpc) is 3.02. The molecule has 4 rings (SSSR count). The highest BCUT2D eigenvalue weighted by atomic mass is 32.2. The Hall–Kier alpha value is -2.93. The van der Waals surface area contributed by atoms with E-state index < -0.39 is 0 Å². The normalized spacial score (nSPS) is 11.3. The third kappa shape index (κ3) is 3.45. The van der Waals surface area contributed by atoms with Crippen LogP contribution in [0.1, 0.15) is 16.7 Å². The van der Waals surface area contributed by atoms with Crippen LogP contribution in [0.4, 0.5) is 10.1 Å². The van der Waals surface area contributed by atoms with Gasteiger partial charge in [-0.1, -0.05) is 29.5 Å². The van der Waals surface area contributed by atoms with Crippen molar-refractivity contribution in [3.8, 4) is 0 Å². The summed E-state index contributed by atoms with van der Waals surface area (Å²) in [5.74, 6) is -0.463. The summed E-state index contributed by atoms with van der Waals surface area (Å²) in [7, 11) is 0. The summed E-state index contributed by atoms with van der Waals surface area (Å²) in [6, 6.07) is 12.1. The summed E-state index contributed by atoms with van der Waals surface area (Å²) in [6.07, 6.45) is 0. The Morgan fingerprint density at radius 1 is 1.11 bits per heavy atom. The summed E-state index contributed by atoms with van der Waals surface area (Å²) in [5.41, 5.74) is 5.72. The van der Waals surface area contributed by atoms with E-state index in [1.807, 2.05) is 10.5 Å². The van der Waals surface area contributed by atoms with Crippen LogP contribution in [0, 0.1) is 26.6 Å². The number of benzene rings is 2. The number of hydrogen-bond donors (Lipinski definition) is 1. The van der Waals surface area contributed by atoms with Crippen molar-refractivity contribution in [2.24, 2.45) is 0 Å². The third-order valence-corrected chi connectivity index (χ3v) is 5.47. The van der Waals surface area contributed by atoms with Gasteiger partial charge in [-0.05, 0) is 62.2 Å². The fraction of sp³-hybridized carbons (Fsp3) is 0.190. The Bertz CT molecular complexity index is 1220. The van der Waals surface area contributed by atoms with Gasteiger partial charge in [-0.15, -0.1) is 10.2 Å². The molecule has 142 valence electrons. The predicted octanol–water partition coefficient (Wildman–Crippen LogP) is 4.68. The topological polar surface area (TPSA) is 59.3 Å². The first-order valence-corrected chi connectivity index (χ1v) is 9.85. The largest absolute Gasteiger partial charge is 0.325 e. The fourth-order valence-corrected chi connectivity index (χ4v) is 4.15. The lowest BCUT2D eigenvalue weighted by atomic mass is 10.0. The number of halogens is 1. The number of amides is 1. The zero-order chi connectivity index (χ0) is 19.8. The summed E-state index contributed by atoms with van der Waals surface area (Å²) < 4.78 is 15.3. The van der Waals surface area contributed by atoms with Gasteiger partial charge in [0, 0.05) is 11.1 Å². The number of nitrogens with zero attached hydrogens (tertiary/aromatic N) is 3. The molecule has 1 amide bonds. The highest BCUT2D eigenvalue weighted by Gasteiger charge is 2.15. The maximum atomic E-state index is 13.3. The van der Waals surface area contributed by atoms with Crippen molar-refractivity contribution in [1.82, 2.24) is 14.6 Å². The Kier molecular flexibility index (Phi) is 4.77. The lowest BCUT2D eigenvalue weighted by Gasteiger charge is -2.11. The van der Waals surface area contributed by atoms with E-state index in [-0.39, 0.29) is 17.5 Å². The molecule has 4 aromatic rings. The number of fused-ring (bicyclic) bond motifs is 3. The van der Waals surface area contributed by atoms with E-state index >= 15 is 0 Å². The summed E-state index contributed by atoms with van der Waals surface area (Å²) in [5, 5.41) is 13.1. The quantitative estimate of drug-likeness (QED) is 0.511. The molecular formula is C21H19FN4OS. The SMILES string of the molecule is Cc1cc(C)c2c(c1)c(C)cc1nnc(SCC(=O)Nc3cccc(F)c3)n12. The van der Waals surface area contributed by atoms with Crippen molar-refractivity contribution < 1.29 is 9.18 Å². The number of anilines is 1. The standard InChI is InChI=1S/C21H19FN4OS/c1-12-7-14(3)20-17(8-12)13(2)9-18-24-25-21(26(18)20)28-11-19(27)23-16-6-4-5-15(22)10-16/h4-10H,11H2,1-3H3,(H,23,27). The lowest BCUT2D eigenvalue weighted by Crippen LogP contribution is -2.14. The third-order valence-electron chi connectivity index (χ3n) is 4.54. The van der Waals surface area contributed by atoms with Crippen molar-refractivity contribution >= 4 is 39.9 Å². The molecular weight excluding hydrogens is 375 g/mol. The number of aryl methyl sites for hydroxylation is 3. The highest BCUT2D eigenvalue weighted by molar-refractivity contribution is 7.99. The van der Waals surface area contributed by atoms with Crippen molar-refractivity contribution in [2.45, 2.75) is 25.9 Å². The number of aromatic nitrogens is 3. The first-order chi connectivity index (χ1) is 13.4. The number of carbonyl (C=O) groups excluding carboxylic acids is 1. The Morgan fingerprint density at radius 3 is 2.71 bits per heavy atom. The fourth-order valence-electron chi connectivity index (χ4n) is 3.40. The molecule has 0 fully saturated rings. The van der Waals surface area contributed by atoms with Gasteiger partial charge in [0.15, 0.2) is 10.8 Å². The van der Waals surface area contributed by atoms with Crippen LogP contribution >= 0.6 is 11.8 Å². The van der Waals surface area contributed by atoms with E-state index in [0.717, 1.165) is 27.7 Å². The first-order valence-electron chi connectivity index (χ1n) is 8.86. The maximum absolute atomic E-state index is 13.3. The van der Waals surface area contributed by atoms with Crippen molar-refractivity contribution in [1.29, 1.82) is 0 Å². The molecule has 1 N–H and O–H groups in total. The molecule has 7 heteroatoms. The van der Waals surface area contributed by atoms with Crippen LogP contribution in [0.25, 0.3) is 16.6 Å². The molecule has 0 bridgehead atoms.